The summed E-state index contributed by atoms with van der Waals surface area (Å²) >= 11 is 1.15. The fourth-order valence-corrected chi connectivity index (χ4v) is 5.43. The molecule has 2 aliphatic rings. The van der Waals surface area contributed by atoms with Crippen molar-refractivity contribution in [1.29, 1.82) is 0 Å². The van der Waals surface area contributed by atoms with Crippen LogP contribution in [0, 0.1) is 5.82 Å². The molecule has 39 heavy (non-hydrogen) atoms. The Balaban J connectivity index is 1.51. The van der Waals surface area contributed by atoms with Crippen molar-refractivity contribution in [2.24, 2.45) is 0 Å². The predicted octanol–water partition coefficient (Wildman–Crippen LogP) is 3.60. The lowest BCUT2D eigenvalue weighted by atomic mass is 9.94. The maximum absolute atomic E-state index is 14.9. The van der Waals surface area contributed by atoms with Crippen LogP contribution in [0.2, 0.25) is 0 Å². The minimum atomic E-state index is -4.81. The standard InChI is InChI=1S/C24H24F4N6O4S/c1-33(2)21(35)20-30-15-9-34(6-7-37-22(15)39-20)19-11-10-38-16(8-14(11)31-23(32-19)36-3)17-12(24(26,27)28)4-5-13(29)18(17)25/h4-5,16H,6-10,29H2,1-3H3. The van der Waals surface area contributed by atoms with Crippen molar-refractivity contribution in [2.75, 3.05) is 45.0 Å². The molecule has 5 rings (SSSR count). The molecule has 2 N–H and O–H groups in total. The molecule has 4 heterocycles. The first-order chi connectivity index (χ1) is 18.5. The van der Waals surface area contributed by atoms with Gasteiger partial charge in [0.1, 0.15) is 18.1 Å². The largest absolute Gasteiger partial charge is 0.481 e. The molecule has 0 spiro atoms. The zero-order valence-electron chi connectivity index (χ0n) is 21.1. The normalized spacial score (nSPS) is 17.1. The summed E-state index contributed by atoms with van der Waals surface area (Å²) in [5, 5.41) is 0.802. The number of carbonyl (C=O) groups excluding carboxylic acids is 1. The lowest BCUT2D eigenvalue weighted by Crippen LogP contribution is -2.31. The number of anilines is 2. The molecule has 1 aromatic carbocycles. The van der Waals surface area contributed by atoms with E-state index in [0.29, 0.717) is 34.4 Å². The summed E-state index contributed by atoms with van der Waals surface area (Å²) in [6.07, 6.45) is -6.27. The molecule has 208 valence electrons. The van der Waals surface area contributed by atoms with Crippen LogP contribution in [0.25, 0.3) is 0 Å². The average Bonchev–Trinajstić information content (AvgIpc) is 3.19. The molecular formula is C24H24F4N6O4S. The molecule has 3 aromatic rings. The number of amides is 1. The Kier molecular flexibility index (Phi) is 6.97. The highest BCUT2D eigenvalue weighted by Crippen LogP contribution is 2.43. The van der Waals surface area contributed by atoms with Gasteiger partial charge in [-0.1, -0.05) is 11.3 Å². The summed E-state index contributed by atoms with van der Waals surface area (Å²) in [6, 6.07) is 1.62. The molecule has 1 atom stereocenters. The smallest absolute Gasteiger partial charge is 0.416 e. The average molecular weight is 569 g/mol. The van der Waals surface area contributed by atoms with E-state index in [2.05, 4.69) is 15.0 Å². The molecule has 1 unspecified atom stereocenters. The molecule has 1 amide bonds. The number of nitrogen functional groups attached to an aromatic ring is 1. The van der Waals surface area contributed by atoms with E-state index in [4.69, 9.17) is 19.9 Å². The van der Waals surface area contributed by atoms with E-state index in [0.717, 1.165) is 23.5 Å². The third-order valence-corrected chi connectivity index (χ3v) is 7.36. The van der Waals surface area contributed by atoms with Crippen LogP contribution in [-0.2, 0) is 30.5 Å². The lowest BCUT2D eigenvalue weighted by Gasteiger charge is -2.31. The number of carbonyl (C=O) groups is 1. The van der Waals surface area contributed by atoms with Crippen LogP contribution in [0.3, 0.4) is 0 Å². The van der Waals surface area contributed by atoms with Gasteiger partial charge >= 0.3 is 12.2 Å². The van der Waals surface area contributed by atoms with E-state index in [-0.39, 0.29) is 43.1 Å². The molecular weight excluding hydrogens is 544 g/mol. The van der Waals surface area contributed by atoms with Gasteiger partial charge in [-0.05, 0) is 12.1 Å². The van der Waals surface area contributed by atoms with E-state index in [1.807, 2.05) is 4.90 Å². The summed E-state index contributed by atoms with van der Waals surface area (Å²) in [6.45, 7) is 0.706. The van der Waals surface area contributed by atoms with Crippen LogP contribution in [0.4, 0.5) is 29.1 Å². The first kappa shape index (κ1) is 26.9. The fourth-order valence-electron chi connectivity index (χ4n) is 4.46. The van der Waals surface area contributed by atoms with Crippen LogP contribution >= 0.6 is 11.3 Å². The Labute approximate surface area is 224 Å². The number of fused-ring (bicyclic) bond motifs is 2. The van der Waals surface area contributed by atoms with Crippen molar-refractivity contribution >= 4 is 28.7 Å². The van der Waals surface area contributed by atoms with Crippen molar-refractivity contribution in [3.05, 3.63) is 51.0 Å². The second-order valence-corrected chi connectivity index (χ2v) is 10.1. The first-order valence-electron chi connectivity index (χ1n) is 11.8. The highest BCUT2D eigenvalue weighted by molar-refractivity contribution is 7.15. The number of nitrogens with two attached hydrogens (primary N) is 1. The number of alkyl halides is 3. The van der Waals surface area contributed by atoms with Gasteiger partial charge in [-0.2, -0.15) is 23.1 Å². The molecule has 2 aromatic heterocycles. The van der Waals surface area contributed by atoms with Crippen molar-refractivity contribution in [2.45, 2.75) is 31.9 Å². The number of hydrogen-bond donors (Lipinski definition) is 1. The SMILES string of the molecule is COc1nc2c(c(N3CCOc4sc(C(=O)N(C)C)nc4C3)n1)COC(c1c(C(F)(F)F)ccc(N)c1F)C2. The number of rotatable bonds is 4. The van der Waals surface area contributed by atoms with Crippen LogP contribution in [0.1, 0.15) is 44.0 Å². The molecule has 15 heteroatoms. The molecule has 0 fully saturated rings. The van der Waals surface area contributed by atoms with E-state index >= 15 is 0 Å². The summed E-state index contributed by atoms with van der Waals surface area (Å²) in [7, 11) is 4.62. The summed E-state index contributed by atoms with van der Waals surface area (Å²) in [4.78, 5) is 29.0. The number of halogens is 4. The van der Waals surface area contributed by atoms with Gasteiger partial charge in [0.05, 0.1) is 49.9 Å². The highest BCUT2D eigenvalue weighted by atomic mass is 32.1. The number of hydrogen-bond acceptors (Lipinski definition) is 10. The van der Waals surface area contributed by atoms with Gasteiger partial charge in [-0.15, -0.1) is 0 Å². The predicted molar refractivity (Wildman–Crippen MR) is 132 cm³/mol. The first-order valence-corrected chi connectivity index (χ1v) is 12.6. The molecule has 10 nitrogen and oxygen atoms in total. The Hall–Kier alpha value is -3.72. The molecule has 0 radical (unpaired) electrons. The Bertz CT molecular complexity index is 1430. The lowest BCUT2D eigenvalue weighted by molar-refractivity contribution is -0.140. The second-order valence-electron chi connectivity index (χ2n) is 9.11. The number of methoxy groups -OCH3 is 1. The molecule has 0 bridgehead atoms. The number of aromatic nitrogens is 3. The summed E-state index contributed by atoms with van der Waals surface area (Å²) in [5.41, 5.74) is 4.78. The van der Waals surface area contributed by atoms with Crippen molar-refractivity contribution in [1.82, 2.24) is 19.9 Å². The van der Waals surface area contributed by atoms with Gasteiger partial charge < -0.3 is 29.7 Å². The van der Waals surface area contributed by atoms with E-state index in [1.54, 1.807) is 14.1 Å². The minimum absolute atomic E-state index is 0.0133. The van der Waals surface area contributed by atoms with Gasteiger partial charge in [0.25, 0.3) is 5.91 Å². The Morgan fingerprint density at radius 1 is 1.23 bits per heavy atom. The van der Waals surface area contributed by atoms with Crippen molar-refractivity contribution in [3.63, 3.8) is 0 Å². The van der Waals surface area contributed by atoms with Gasteiger partial charge in [0.2, 0.25) is 0 Å². The number of thiazole rings is 1. The van der Waals surface area contributed by atoms with E-state index < -0.39 is 34.9 Å². The van der Waals surface area contributed by atoms with Crippen LogP contribution in [0.5, 0.6) is 11.1 Å². The van der Waals surface area contributed by atoms with E-state index in [9.17, 15) is 22.4 Å². The highest BCUT2D eigenvalue weighted by Gasteiger charge is 2.40. The number of benzene rings is 1. The minimum Gasteiger partial charge on any atom is -0.481 e. The molecule has 2 aliphatic heterocycles. The van der Waals surface area contributed by atoms with Crippen molar-refractivity contribution < 1.29 is 36.6 Å². The van der Waals surface area contributed by atoms with E-state index in [1.165, 1.54) is 12.0 Å². The van der Waals surface area contributed by atoms with Gasteiger partial charge in [-0.3, -0.25) is 4.79 Å². The quantitative estimate of drug-likeness (QED) is 0.372. The fraction of sp³-hybridized carbons (Fsp3) is 0.417. The topological polar surface area (TPSA) is 116 Å². The van der Waals surface area contributed by atoms with Crippen LogP contribution < -0.4 is 20.1 Å². The van der Waals surface area contributed by atoms with Gasteiger partial charge in [0.15, 0.2) is 15.9 Å². The molecule has 0 aliphatic carbocycles. The maximum Gasteiger partial charge on any atom is 0.416 e. The van der Waals surface area contributed by atoms with Crippen LogP contribution in [0.15, 0.2) is 12.1 Å². The van der Waals surface area contributed by atoms with Crippen molar-refractivity contribution in [3.8, 4) is 11.1 Å². The summed E-state index contributed by atoms with van der Waals surface area (Å²) in [5.74, 6) is -1.01. The zero-order valence-corrected chi connectivity index (χ0v) is 22.0. The third-order valence-electron chi connectivity index (χ3n) is 6.36. The maximum atomic E-state index is 14.9. The Morgan fingerprint density at radius 3 is 2.69 bits per heavy atom. The third kappa shape index (κ3) is 5.03. The summed E-state index contributed by atoms with van der Waals surface area (Å²) < 4.78 is 73.1. The number of ether oxygens (including phenoxy) is 3. The molecule has 0 saturated heterocycles. The second kappa shape index (κ2) is 10.1. The molecule has 0 saturated carbocycles. The zero-order chi connectivity index (χ0) is 28.1. The van der Waals surface area contributed by atoms with Gasteiger partial charge in [0, 0.05) is 31.6 Å². The number of nitrogens with zero attached hydrogens (tertiary/aromatic N) is 5. The van der Waals surface area contributed by atoms with Crippen LogP contribution in [-0.4, -0.2) is 60.1 Å². The van der Waals surface area contributed by atoms with Gasteiger partial charge in [-0.25, -0.2) is 9.37 Å². The monoisotopic (exact) mass is 568 g/mol. The Morgan fingerprint density at radius 2 is 2.00 bits per heavy atom.